The van der Waals surface area contributed by atoms with Gasteiger partial charge in [-0.1, -0.05) is 0 Å². The summed E-state index contributed by atoms with van der Waals surface area (Å²) in [6.07, 6.45) is 0.282. The number of likely N-dealkylation sites (tertiary alicyclic amines) is 1. The van der Waals surface area contributed by atoms with E-state index in [2.05, 4.69) is 15.3 Å². The first-order chi connectivity index (χ1) is 15.0. The normalized spacial score (nSPS) is 27.9. The van der Waals surface area contributed by atoms with Crippen molar-refractivity contribution in [2.45, 2.75) is 61.9 Å². The van der Waals surface area contributed by atoms with Gasteiger partial charge in [0.15, 0.2) is 11.4 Å². The Morgan fingerprint density at radius 2 is 1.91 bits per heavy atom. The Balaban J connectivity index is 1.49. The van der Waals surface area contributed by atoms with E-state index in [0.717, 1.165) is 12.8 Å². The highest BCUT2D eigenvalue weighted by Crippen LogP contribution is 2.43. The topological polar surface area (TPSA) is 118 Å². The number of halogens is 3. The predicted molar refractivity (Wildman–Crippen MR) is 106 cm³/mol. The third-order valence-electron chi connectivity index (χ3n) is 6.89. The lowest BCUT2D eigenvalue weighted by atomic mass is 9.77. The SMILES string of the molecule is [C-]#[N+]CC1(n2cc(C(N)=O)c(NC(=O)C3CC3)n2)CCC(N2CC(O)(C(F)(F)F)C2)CC1. The molecular weight excluding hydrogens is 429 g/mol. The molecule has 1 aromatic heterocycles. The van der Waals surface area contributed by atoms with Crippen LogP contribution in [0.15, 0.2) is 6.20 Å². The van der Waals surface area contributed by atoms with Crippen molar-refractivity contribution in [3.8, 4) is 0 Å². The number of rotatable bonds is 6. The number of nitrogens with two attached hydrogens (primary N) is 1. The summed E-state index contributed by atoms with van der Waals surface area (Å²) >= 11 is 0. The first kappa shape index (κ1) is 22.5. The molecule has 1 saturated heterocycles. The summed E-state index contributed by atoms with van der Waals surface area (Å²) in [5.74, 6) is -1.00. The van der Waals surface area contributed by atoms with Crippen molar-refractivity contribution in [1.29, 1.82) is 0 Å². The number of β-amino-alcohol motifs (C(OH)–C–C–N with tert-alkyl or cyclic N) is 1. The Bertz CT molecular complexity index is 951. The van der Waals surface area contributed by atoms with Gasteiger partial charge in [0.25, 0.3) is 5.91 Å². The number of carbonyl (C=O) groups excluding carboxylic acids is 2. The lowest BCUT2D eigenvalue weighted by Crippen LogP contribution is -2.71. The van der Waals surface area contributed by atoms with Gasteiger partial charge in [0.1, 0.15) is 11.1 Å². The molecule has 2 aliphatic carbocycles. The molecule has 0 atom stereocenters. The van der Waals surface area contributed by atoms with Crippen LogP contribution in [-0.4, -0.2) is 69.1 Å². The Morgan fingerprint density at radius 1 is 1.28 bits per heavy atom. The van der Waals surface area contributed by atoms with Gasteiger partial charge in [-0.2, -0.15) is 18.3 Å². The van der Waals surface area contributed by atoms with E-state index in [1.165, 1.54) is 10.9 Å². The van der Waals surface area contributed by atoms with E-state index in [0.29, 0.717) is 25.7 Å². The molecule has 0 unspecified atom stereocenters. The number of aromatic nitrogens is 2. The highest BCUT2D eigenvalue weighted by molar-refractivity contribution is 6.02. The predicted octanol–water partition coefficient (Wildman–Crippen LogP) is 1.50. The molecule has 2 amide bonds. The van der Waals surface area contributed by atoms with Gasteiger partial charge in [0.05, 0.1) is 0 Å². The van der Waals surface area contributed by atoms with Gasteiger partial charge in [0, 0.05) is 31.2 Å². The minimum Gasteiger partial charge on any atom is -0.378 e. The molecule has 4 rings (SSSR count). The second-order valence-electron chi connectivity index (χ2n) is 9.17. The highest BCUT2D eigenvalue weighted by Gasteiger charge is 2.62. The van der Waals surface area contributed by atoms with Gasteiger partial charge in [-0.15, -0.1) is 0 Å². The molecule has 4 N–H and O–H groups in total. The molecule has 32 heavy (non-hydrogen) atoms. The Hall–Kier alpha value is -2.65. The van der Waals surface area contributed by atoms with E-state index in [4.69, 9.17) is 12.3 Å². The summed E-state index contributed by atoms with van der Waals surface area (Å²) in [6, 6.07) is -0.142. The van der Waals surface area contributed by atoms with Crippen LogP contribution in [0.25, 0.3) is 4.85 Å². The largest absolute Gasteiger partial charge is 0.419 e. The van der Waals surface area contributed by atoms with E-state index < -0.39 is 36.3 Å². The molecule has 0 aromatic carbocycles. The monoisotopic (exact) mass is 454 g/mol. The Labute approximate surface area is 182 Å². The summed E-state index contributed by atoms with van der Waals surface area (Å²) in [7, 11) is 0. The molecule has 0 spiro atoms. The van der Waals surface area contributed by atoms with Crippen LogP contribution < -0.4 is 11.1 Å². The van der Waals surface area contributed by atoms with Gasteiger partial charge in [0.2, 0.25) is 12.5 Å². The number of aliphatic hydroxyl groups is 1. The average Bonchev–Trinajstić information content (AvgIpc) is 3.46. The molecule has 12 heteroatoms. The van der Waals surface area contributed by atoms with E-state index in [-0.39, 0.29) is 35.8 Å². The summed E-state index contributed by atoms with van der Waals surface area (Å²) in [5.41, 5.74) is 2.11. The minimum absolute atomic E-state index is 0.0588. The number of hydrogen-bond donors (Lipinski definition) is 3. The van der Waals surface area contributed by atoms with Crippen molar-refractivity contribution in [3.05, 3.63) is 23.2 Å². The average molecular weight is 454 g/mol. The van der Waals surface area contributed by atoms with Crippen molar-refractivity contribution < 1.29 is 27.9 Å². The van der Waals surface area contributed by atoms with Gasteiger partial charge in [-0.25, -0.2) is 6.57 Å². The standard InChI is InChI=1S/C20H25F3N6O3/c1-25-9-18(6-4-13(5-7-18)28-10-19(32,11-28)20(21,22)23)29-8-14(15(24)30)16(27-29)26-17(31)12-2-3-12/h8,12-13,32H,2-7,9-11H2,(H2,24,30)(H,26,27,31). The Morgan fingerprint density at radius 3 is 2.41 bits per heavy atom. The lowest BCUT2D eigenvalue weighted by Gasteiger charge is -2.52. The van der Waals surface area contributed by atoms with Crippen molar-refractivity contribution in [1.82, 2.24) is 14.7 Å². The second kappa shape index (κ2) is 7.74. The maximum atomic E-state index is 12.9. The molecule has 0 bridgehead atoms. The van der Waals surface area contributed by atoms with E-state index in [9.17, 15) is 27.9 Å². The molecule has 9 nitrogen and oxygen atoms in total. The maximum Gasteiger partial charge on any atom is 0.419 e. The second-order valence-corrected chi connectivity index (χ2v) is 9.17. The van der Waals surface area contributed by atoms with Crippen LogP contribution in [0.4, 0.5) is 19.0 Å². The molecule has 1 aromatic rings. The summed E-state index contributed by atoms with van der Waals surface area (Å²) in [5, 5.41) is 16.8. The van der Waals surface area contributed by atoms with E-state index >= 15 is 0 Å². The zero-order chi connectivity index (χ0) is 23.3. The smallest absolute Gasteiger partial charge is 0.378 e. The fourth-order valence-electron chi connectivity index (χ4n) is 4.63. The quantitative estimate of drug-likeness (QED) is 0.563. The lowest BCUT2D eigenvalue weighted by molar-refractivity contribution is -0.307. The van der Waals surface area contributed by atoms with Gasteiger partial charge >= 0.3 is 6.18 Å². The minimum atomic E-state index is -4.66. The van der Waals surface area contributed by atoms with Crippen molar-refractivity contribution >= 4 is 17.6 Å². The fourth-order valence-corrected chi connectivity index (χ4v) is 4.63. The van der Waals surface area contributed by atoms with Crippen LogP contribution in [0.2, 0.25) is 0 Å². The van der Waals surface area contributed by atoms with Gasteiger partial charge in [-0.05, 0) is 38.5 Å². The van der Waals surface area contributed by atoms with Crippen LogP contribution in [0, 0.1) is 12.5 Å². The fraction of sp³-hybridized carbons (Fsp3) is 0.700. The molecule has 1 aliphatic heterocycles. The van der Waals surface area contributed by atoms with Gasteiger partial charge in [-0.3, -0.25) is 19.2 Å². The van der Waals surface area contributed by atoms with Crippen molar-refractivity contribution in [3.63, 3.8) is 0 Å². The van der Waals surface area contributed by atoms with Crippen LogP contribution in [-0.2, 0) is 10.3 Å². The molecular formula is C20H25F3N6O3. The van der Waals surface area contributed by atoms with E-state index in [1.54, 1.807) is 4.90 Å². The molecule has 3 aliphatic rings. The number of nitrogens with one attached hydrogen (secondary N) is 1. The first-order valence-corrected chi connectivity index (χ1v) is 10.6. The highest BCUT2D eigenvalue weighted by atomic mass is 19.4. The summed E-state index contributed by atoms with van der Waals surface area (Å²) in [4.78, 5) is 29.2. The number of nitrogens with zero attached hydrogens (tertiary/aromatic N) is 4. The zero-order valence-electron chi connectivity index (χ0n) is 17.4. The number of primary amides is 1. The maximum absolute atomic E-state index is 12.9. The molecule has 174 valence electrons. The third kappa shape index (κ3) is 3.95. The number of anilines is 1. The number of hydrogen-bond acceptors (Lipinski definition) is 5. The van der Waals surface area contributed by atoms with Crippen LogP contribution in [0.5, 0.6) is 0 Å². The molecule has 2 saturated carbocycles. The van der Waals surface area contributed by atoms with E-state index in [1.807, 2.05) is 0 Å². The number of alkyl halides is 3. The van der Waals surface area contributed by atoms with Crippen LogP contribution in [0.1, 0.15) is 48.9 Å². The van der Waals surface area contributed by atoms with Crippen LogP contribution in [0.3, 0.4) is 0 Å². The Kier molecular flexibility index (Phi) is 5.45. The zero-order valence-corrected chi connectivity index (χ0v) is 17.4. The number of amides is 2. The van der Waals surface area contributed by atoms with Crippen molar-refractivity contribution in [2.75, 3.05) is 25.0 Å². The molecule has 2 heterocycles. The van der Waals surface area contributed by atoms with Gasteiger partial charge < -0.3 is 21.0 Å². The summed E-state index contributed by atoms with van der Waals surface area (Å²) in [6.45, 7) is 6.55. The first-order valence-electron chi connectivity index (χ1n) is 10.6. The van der Waals surface area contributed by atoms with Crippen LogP contribution >= 0.6 is 0 Å². The van der Waals surface area contributed by atoms with Crippen molar-refractivity contribution in [2.24, 2.45) is 11.7 Å². The third-order valence-corrected chi connectivity index (χ3v) is 6.89. The number of carbonyl (C=O) groups is 2. The summed E-state index contributed by atoms with van der Waals surface area (Å²) < 4.78 is 40.3. The molecule has 0 radical (unpaired) electrons. The molecule has 3 fully saturated rings.